The molecular weight excluding hydrogens is 254 g/mol. The first-order valence-corrected chi connectivity index (χ1v) is 6.79. The zero-order valence-corrected chi connectivity index (χ0v) is 12.5. The normalized spacial score (nSPS) is 14.1. The van der Waals surface area contributed by atoms with E-state index < -0.39 is 0 Å². The lowest BCUT2D eigenvalue weighted by atomic mass is 10.1. The van der Waals surface area contributed by atoms with Crippen molar-refractivity contribution in [1.29, 1.82) is 0 Å². The molecule has 2 atom stereocenters. The molecule has 3 N–H and O–H groups in total. The van der Waals surface area contributed by atoms with Crippen molar-refractivity contribution in [3.63, 3.8) is 0 Å². The van der Waals surface area contributed by atoms with E-state index in [2.05, 4.69) is 22.3 Å². The number of hydrogen-bond donors (Lipinski definition) is 2. The van der Waals surface area contributed by atoms with Gasteiger partial charge in [0.15, 0.2) is 0 Å². The van der Waals surface area contributed by atoms with Crippen molar-refractivity contribution in [2.45, 2.75) is 18.6 Å². The molecule has 0 aromatic heterocycles. The fraction of sp³-hybridized carbons (Fsp3) is 0.533. The summed E-state index contributed by atoms with van der Waals surface area (Å²) in [6.45, 7) is 0.913. The number of carbonyl (C=O) groups excluding carboxylic acids is 1. The molecule has 0 bridgehead atoms. The molecule has 0 aliphatic carbocycles. The summed E-state index contributed by atoms with van der Waals surface area (Å²) in [6, 6.07) is 10.3. The second-order valence-electron chi connectivity index (χ2n) is 4.99. The maximum absolute atomic E-state index is 11.9. The quantitative estimate of drug-likeness (QED) is 0.737. The van der Waals surface area contributed by atoms with E-state index >= 15 is 0 Å². The van der Waals surface area contributed by atoms with Crippen molar-refractivity contribution >= 4 is 5.91 Å². The lowest BCUT2D eigenvalue weighted by Gasteiger charge is -2.25. The van der Waals surface area contributed by atoms with Crippen molar-refractivity contribution in [2.24, 2.45) is 5.73 Å². The lowest BCUT2D eigenvalue weighted by molar-refractivity contribution is -0.123. The average molecular weight is 279 g/mol. The smallest absolute Gasteiger partial charge is 0.222 e. The highest BCUT2D eigenvalue weighted by molar-refractivity contribution is 5.76. The van der Waals surface area contributed by atoms with Gasteiger partial charge in [-0.25, -0.2) is 0 Å². The Morgan fingerprint density at radius 1 is 1.35 bits per heavy atom. The fourth-order valence-corrected chi connectivity index (χ4v) is 2.03. The van der Waals surface area contributed by atoms with Gasteiger partial charge in [0.25, 0.3) is 0 Å². The van der Waals surface area contributed by atoms with Crippen LogP contribution in [-0.2, 0) is 9.53 Å². The third-order valence-corrected chi connectivity index (χ3v) is 3.31. The first-order valence-electron chi connectivity index (χ1n) is 6.79. The predicted octanol–water partition coefficient (Wildman–Crippen LogP) is 0.769. The molecule has 0 fully saturated rings. The Labute approximate surface area is 121 Å². The van der Waals surface area contributed by atoms with Crippen molar-refractivity contribution in [2.75, 3.05) is 34.3 Å². The topological polar surface area (TPSA) is 67.6 Å². The van der Waals surface area contributed by atoms with Crippen LogP contribution in [0.2, 0.25) is 0 Å². The minimum atomic E-state index is -0.218. The standard InChI is InChI=1S/C15H25N3O2/c1-18(2)14(12-7-5-4-6-8-12)11-17-15(19)9-13(10-16)20-3/h4-8,13-14H,9-11,16H2,1-3H3,(H,17,19). The highest BCUT2D eigenvalue weighted by atomic mass is 16.5. The van der Waals surface area contributed by atoms with Crippen LogP contribution in [0, 0.1) is 0 Å². The molecule has 2 unspecified atom stereocenters. The lowest BCUT2D eigenvalue weighted by Crippen LogP contribution is -2.37. The summed E-state index contributed by atoms with van der Waals surface area (Å²) in [7, 11) is 5.57. The van der Waals surface area contributed by atoms with Gasteiger partial charge in [-0.3, -0.25) is 4.79 Å². The number of benzene rings is 1. The molecule has 1 rings (SSSR count). The molecule has 0 heterocycles. The summed E-state index contributed by atoms with van der Waals surface area (Å²) in [4.78, 5) is 14.0. The number of amides is 1. The van der Waals surface area contributed by atoms with Gasteiger partial charge < -0.3 is 20.7 Å². The Morgan fingerprint density at radius 3 is 2.50 bits per heavy atom. The first-order chi connectivity index (χ1) is 9.58. The van der Waals surface area contributed by atoms with Crippen molar-refractivity contribution in [3.05, 3.63) is 35.9 Å². The van der Waals surface area contributed by atoms with Crippen LogP contribution in [0.1, 0.15) is 18.0 Å². The molecule has 1 amide bonds. The molecule has 0 spiro atoms. The number of ether oxygens (including phenoxy) is 1. The van der Waals surface area contributed by atoms with Gasteiger partial charge in [0.1, 0.15) is 0 Å². The van der Waals surface area contributed by atoms with Crippen molar-refractivity contribution < 1.29 is 9.53 Å². The zero-order chi connectivity index (χ0) is 15.0. The molecule has 112 valence electrons. The molecular formula is C15H25N3O2. The molecule has 1 aromatic carbocycles. The Kier molecular flexibility index (Phi) is 7.22. The van der Waals surface area contributed by atoms with Crippen LogP contribution in [-0.4, -0.2) is 51.2 Å². The van der Waals surface area contributed by atoms with Gasteiger partial charge >= 0.3 is 0 Å². The molecule has 0 aliphatic rings. The zero-order valence-electron chi connectivity index (χ0n) is 12.5. The number of nitrogens with zero attached hydrogens (tertiary/aromatic N) is 1. The second-order valence-corrected chi connectivity index (χ2v) is 4.99. The third-order valence-electron chi connectivity index (χ3n) is 3.31. The van der Waals surface area contributed by atoms with Crippen LogP contribution in [0.3, 0.4) is 0 Å². The van der Waals surface area contributed by atoms with E-state index in [-0.39, 0.29) is 18.1 Å². The highest BCUT2D eigenvalue weighted by Gasteiger charge is 2.16. The molecule has 0 saturated heterocycles. The van der Waals surface area contributed by atoms with E-state index in [1.165, 1.54) is 5.56 Å². The number of methoxy groups -OCH3 is 1. The van der Waals surface area contributed by atoms with Gasteiger partial charge in [-0.1, -0.05) is 30.3 Å². The van der Waals surface area contributed by atoms with Gasteiger partial charge in [0.2, 0.25) is 5.91 Å². The third kappa shape index (κ3) is 5.28. The minimum absolute atomic E-state index is 0.0370. The van der Waals surface area contributed by atoms with Crippen molar-refractivity contribution in [3.8, 4) is 0 Å². The van der Waals surface area contributed by atoms with Crippen LogP contribution in [0.5, 0.6) is 0 Å². The molecule has 20 heavy (non-hydrogen) atoms. The van der Waals surface area contributed by atoms with Crippen LogP contribution in [0.4, 0.5) is 0 Å². The van der Waals surface area contributed by atoms with Crippen LogP contribution >= 0.6 is 0 Å². The molecule has 5 heteroatoms. The van der Waals surface area contributed by atoms with E-state index in [0.717, 1.165) is 0 Å². The summed E-state index contributed by atoms with van der Waals surface area (Å²) >= 11 is 0. The largest absolute Gasteiger partial charge is 0.380 e. The number of nitrogens with one attached hydrogen (secondary N) is 1. The maximum atomic E-state index is 11.9. The predicted molar refractivity (Wildman–Crippen MR) is 80.3 cm³/mol. The number of likely N-dealkylation sites (N-methyl/N-ethyl adjacent to an activating group) is 1. The maximum Gasteiger partial charge on any atom is 0.222 e. The van der Waals surface area contributed by atoms with E-state index in [1.54, 1.807) is 7.11 Å². The van der Waals surface area contributed by atoms with Gasteiger partial charge in [0, 0.05) is 20.2 Å². The number of rotatable bonds is 8. The van der Waals surface area contributed by atoms with Crippen LogP contribution < -0.4 is 11.1 Å². The second kappa shape index (κ2) is 8.68. The van der Waals surface area contributed by atoms with Crippen molar-refractivity contribution in [1.82, 2.24) is 10.2 Å². The molecule has 1 aromatic rings. The SMILES string of the molecule is COC(CN)CC(=O)NCC(c1ccccc1)N(C)C. The Balaban J connectivity index is 2.54. The fourth-order valence-electron chi connectivity index (χ4n) is 2.03. The van der Waals surface area contributed by atoms with Gasteiger partial charge in [-0.05, 0) is 19.7 Å². The van der Waals surface area contributed by atoms with Crippen LogP contribution in [0.15, 0.2) is 30.3 Å². The van der Waals surface area contributed by atoms with Gasteiger partial charge in [-0.2, -0.15) is 0 Å². The summed E-state index contributed by atoms with van der Waals surface area (Å²) in [6.07, 6.45) is 0.0756. The summed E-state index contributed by atoms with van der Waals surface area (Å²) < 4.78 is 5.11. The highest BCUT2D eigenvalue weighted by Crippen LogP contribution is 2.16. The number of hydrogen-bond acceptors (Lipinski definition) is 4. The van der Waals surface area contributed by atoms with Gasteiger partial charge in [-0.15, -0.1) is 0 Å². The molecule has 0 saturated carbocycles. The van der Waals surface area contributed by atoms with E-state index in [1.807, 2.05) is 32.3 Å². The first kappa shape index (κ1) is 16.6. The summed E-state index contributed by atoms with van der Waals surface area (Å²) in [5, 5.41) is 2.95. The summed E-state index contributed by atoms with van der Waals surface area (Å²) in [5.74, 6) is -0.0370. The Bertz CT molecular complexity index is 391. The van der Waals surface area contributed by atoms with Crippen LogP contribution in [0.25, 0.3) is 0 Å². The number of carbonyl (C=O) groups is 1. The average Bonchev–Trinajstić information content (AvgIpc) is 2.45. The Morgan fingerprint density at radius 2 is 2.00 bits per heavy atom. The summed E-state index contributed by atoms with van der Waals surface area (Å²) in [5.41, 5.74) is 6.69. The number of nitrogens with two attached hydrogens (primary N) is 1. The Hall–Kier alpha value is -1.43. The molecule has 0 radical (unpaired) electrons. The molecule has 5 nitrogen and oxygen atoms in total. The monoisotopic (exact) mass is 279 g/mol. The molecule has 0 aliphatic heterocycles. The van der Waals surface area contributed by atoms with E-state index in [4.69, 9.17) is 10.5 Å². The van der Waals surface area contributed by atoms with E-state index in [0.29, 0.717) is 19.5 Å². The van der Waals surface area contributed by atoms with E-state index in [9.17, 15) is 4.79 Å². The van der Waals surface area contributed by atoms with Gasteiger partial charge in [0.05, 0.1) is 18.6 Å². The minimum Gasteiger partial charge on any atom is -0.380 e.